The second-order valence-corrected chi connectivity index (χ2v) is 8.22. The Hall–Kier alpha value is -3.13. The molecule has 1 aliphatic carbocycles. The Balaban J connectivity index is 1.48. The molecule has 6 nitrogen and oxygen atoms in total. The molecule has 0 radical (unpaired) electrons. The molecule has 152 valence electrons. The molecule has 3 aliphatic rings. The van der Waals surface area contributed by atoms with Crippen molar-refractivity contribution in [3.8, 4) is 11.5 Å². The number of benzene rings is 2. The minimum Gasteiger partial charge on any atom is -0.454 e. The smallest absolute Gasteiger partial charge is 0.265 e. The van der Waals surface area contributed by atoms with Crippen molar-refractivity contribution in [1.29, 1.82) is 0 Å². The first-order chi connectivity index (χ1) is 14.4. The molecule has 0 spiro atoms. The molecule has 0 bridgehead atoms. The molecule has 0 saturated heterocycles. The number of rotatable bonds is 4. The van der Waals surface area contributed by atoms with Gasteiger partial charge in [0.2, 0.25) is 5.70 Å². The largest absolute Gasteiger partial charge is 0.454 e. The van der Waals surface area contributed by atoms with Crippen LogP contribution in [0, 0.1) is 11.7 Å². The molecule has 2 aromatic rings. The van der Waals surface area contributed by atoms with Crippen LogP contribution in [0.4, 0.5) is 4.39 Å². The average molecular weight is 405 g/mol. The van der Waals surface area contributed by atoms with Crippen molar-refractivity contribution >= 4 is 12.1 Å². The highest BCUT2D eigenvalue weighted by atomic mass is 19.1. The standard InChI is InChI=1S/C23H22FN4O2/c1-23(29)12-16(13-23)21-19-14-26-9-10-28(19,25)22(27-21)15-7-8-20(18(24)11-15)30-17-5-3-2-4-6-17/h2-11,14,16,29H,12-13,25H2,1H3/q+1. The van der Waals surface area contributed by atoms with Crippen LogP contribution >= 0.6 is 0 Å². The predicted molar refractivity (Wildman–Crippen MR) is 112 cm³/mol. The Morgan fingerprint density at radius 1 is 1.20 bits per heavy atom. The van der Waals surface area contributed by atoms with Crippen LogP contribution in [0.5, 0.6) is 11.5 Å². The highest BCUT2D eigenvalue weighted by Crippen LogP contribution is 2.46. The summed E-state index contributed by atoms with van der Waals surface area (Å²) in [5.74, 6) is 7.48. The van der Waals surface area contributed by atoms with E-state index in [4.69, 9.17) is 15.6 Å². The topological polar surface area (TPSA) is 80.2 Å². The summed E-state index contributed by atoms with van der Waals surface area (Å²) >= 11 is 0. The molecule has 1 saturated carbocycles. The SMILES string of the molecule is CC1(O)CC(C2=C3C=NC=C[N+]3(N)C(c3ccc(Oc4ccccc4)c(F)c3)=N2)C1. The molecular weight excluding hydrogens is 383 g/mol. The van der Waals surface area contributed by atoms with Crippen molar-refractivity contribution in [3.63, 3.8) is 0 Å². The number of ether oxygens (including phenoxy) is 1. The van der Waals surface area contributed by atoms with Gasteiger partial charge in [0.15, 0.2) is 11.6 Å². The van der Waals surface area contributed by atoms with E-state index in [0.717, 1.165) is 11.4 Å². The van der Waals surface area contributed by atoms with Crippen LogP contribution in [0.25, 0.3) is 0 Å². The van der Waals surface area contributed by atoms with Crippen LogP contribution in [0.3, 0.4) is 0 Å². The maximum Gasteiger partial charge on any atom is 0.265 e. The number of nitrogens with zero attached hydrogens (tertiary/aromatic N) is 3. The molecule has 3 N–H and O–H groups in total. The number of nitrogens with two attached hydrogens (primary N) is 1. The van der Waals surface area contributed by atoms with Crippen LogP contribution in [-0.4, -0.2) is 27.3 Å². The van der Waals surface area contributed by atoms with Crippen LogP contribution in [0.1, 0.15) is 25.3 Å². The number of hydrogen-bond acceptors (Lipinski definition) is 5. The van der Waals surface area contributed by atoms with Gasteiger partial charge in [-0.15, -0.1) is 4.59 Å². The third kappa shape index (κ3) is 3.08. The van der Waals surface area contributed by atoms with E-state index in [0.29, 0.717) is 30.0 Å². The third-order valence-electron chi connectivity index (χ3n) is 5.74. The van der Waals surface area contributed by atoms with E-state index in [1.54, 1.807) is 42.9 Å². The fourth-order valence-corrected chi connectivity index (χ4v) is 4.24. The van der Waals surface area contributed by atoms with Crippen molar-refractivity contribution in [1.82, 2.24) is 0 Å². The Kier molecular flexibility index (Phi) is 4.21. The number of aliphatic hydroxyl groups is 1. The molecule has 1 unspecified atom stereocenters. The summed E-state index contributed by atoms with van der Waals surface area (Å²) in [6.07, 6.45) is 6.26. The molecule has 0 aromatic heterocycles. The van der Waals surface area contributed by atoms with Crippen molar-refractivity contribution < 1.29 is 18.8 Å². The van der Waals surface area contributed by atoms with E-state index in [9.17, 15) is 9.50 Å². The van der Waals surface area contributed by atoms with E-state index in [1.807, 2.05) is 25.1 Å². The van der Waals surface area contributed by atoms with E-state index >= 15 is 0 Å². The zero-order valence-corrected chi connectivity index (χ0v) is 16.5. The summed E-state index contributed by atoms with van der Waals surface area (Å²) in [6, 6.07) is 13.8. The van der Waals surface area contributed by atoms with E-state index < -0.39 is 11.4 Å². The van der Waals surface area contributed by atoms with Crippen molar-refractivity contribution in [2.75, 3.05) is 0 Å². The lowest BCUT2D eigenvalue weighted by atomic mass is 9.70. The lowest BCUT2D eigenvalue weighted by molar-refractivity contribution is -0.750. The number of hydrogen-bond donors (Lipinski definition) is 2. The summed E-state index contributed by atoms with van der Waals surface area (Å²) in [5, 5.41) is 10.2. The number of halogens is 1. The van der Waals surface area contributed by atoms with Gasteiger partial charge in [-0.1, -0.05) is 18.2 Å². The monoisotopic (exact) mass is 405 g/mol. The van der Waals surface area contributed by atoms with Gasteiger partial charge < -0.3 is 9.84 Å². The normalized spacial score (nSPS) is 29.5. The average Bonchev–Trinajstić information content (AvgIpc) is 3.01. The summed E-state index contributed by atoms with van der Waals surface area (Å²) in [6.45, 7) is 1.81. The molecule has 2 aromatic carbocycles. The van der Waals surface area contributed by atoms with Gasteiger partial charge in [-0.2, -0.15) is 10.8 Å². The molecule has 2 heterocycles. The van der Waals surface area contributed by atoms with Crippen LogP contribution in [-0.2, 0) is 0 Å². The van der Waals surface area contributed by atoms with Gasteiger partial charge in [0, 0.05) is 5.92 Å². The van der Waals surface area contributed by atoms with Gasteiger partial charge in [-0.25, -0.2) is 4.39 Å². The third-order valence-corrected chi connectivity index (χ3v) is 5.74. The highest BCUT2D eigenvalue weighted by Gasteiger charge is 2.50. The molecule has 5 rings (SSSR count). The van der Waals surface area contributed by atoms with Crippen LogP contribution in [0.15, 0.2) is 82.3 Å². The number of fused-ring (bicyclic) bond motifs is 1. The predicted octanol–water partition coefficient (Wildman–Crippen LogP) is 4.00. The first-order valence-electron chi connectivity index (χ1n) is 9.83. The first-order valence-corrected chi connectivity index (χ1v) is 9.83. The maximum atomic E-state index is 14.9. The second-order valence-electron chi connectivity index (χ2n) is 8.22. The Bertz CT molecular complexity index is 1130. The van der Waals surface area contributed by atoms with Crippen LogP contribution < -0.4 is 10.6 Å². The van der Waals surface area contributed by atoms with Gasteiger partial charge in [0.1, 0.15) is 17.6 Å². The van der Waals surface area contributed by atoms with Gasteiger partial charge in [-0.3, -0.25) is 4.99 Å². The Morgan fingerprint density at radius 2 is 1.97 bits per heavy atom. The number of allylic oxidation sites excluding steroid dienone is 2. The molecule has 30 heavy (non-hydrogen) atoms. The number of para-hydroxylation sites is 1. The molecule has 1 fully saturated rings. The van der Waals surface area contributed by atoms with Crippen molar-refractivity contribution in [2.45, 2.75) is 25.4 Å². The van der Waals surface area contributed by atoms with Gasteiger partial charge >= 0.3 is 0 Å². The summed E-state index contributed by atoms with van der Waals surface area (Å²) in [7, 11) is 0. The molecule has 7 heteroatoms. The second kappa shape index (κ2) is 6.70. The quantitative estimate of drug-likeness (QED) is 0.596. The summed E-state index contributed by atoms with van der Waals surface area (Å²) in [5.41, 5.74) is 1.43. The minimum atomic E-state index is -0.690. The van der Waals surface area contributed by atoms with Gasteiger partial charge in [0.05, 0.1) is 23.6 Å². The summed E-state index contributed by atoms with van der Waals surface area (Å²) in [4.78, 5) is 9.01. The highest BCUT2D eigenvalue weighted by molar-refractivity contribution is 6.00. The van der Waals surface area contributed by atoms with E-state index in [-0.39, 0.29) is 16.3 Å². The van der Waals surface area contributed by atoms with Crippen molar-refractivity contribution in [2.24, 2.45) is 21.7 Å². The number of amidine groups is 1. The first kappa shape index (κ1) is 18.9. The van der Waals surface area contributed by atoms with Gasteiger partial charge in [-0.05, 0) is 50.1 Å². The van der Waals surface area contributed by atoms with Gasteiger partial charge in [0.25, 0.3) is 5.84 Å². The zero-order chi connectivity index (χ0) is 20.9. The van der Waals surface area contributed by atoms with Crippen molar-refractivity contribution in [3.05, 3.63) is 83.7 Å². The molecule has 0 amide bonds. The Morgan fingerprint density at radius 3 is 2.67 bits per heavy atom. The fraction of sp³-hybridized carbons (Fsp3) is 0.217. The zero-order valence-electron chi connectivity index (χ0n) is 16.5. The van der Waals surface area contributed by atoms with E-state index in [2.05, 4.69) is 4.99 Å². The lowest BCUT2D eigenvalue weighted by Gasteiger charge is -2.40. The minimum absolute atomic E-state index is 0.0945. The molecule has 2 aliphatic heterocycles. The lowest BCUT2D eigenvalue weighted by Crippen LogP contribution is -2.53. The number of quaternary nitrogens is 1. The van der Waals surface area contributed by atoms with E-state index in [1.165, 1.54) is 6.07 Å². The number of aliphatic imine (C=N–C) groups is 2. The maximum absolute atomic E-state index is 14.9. The molecular formula is C23H22FN4O2+. The Labute approximate surface area is 173 Å². The molecule has 1 atom stereocenters. The summed E-state index contributed by atoms with van der Waals surface area (Å²) < 4.78 is 20.3. The van der Waals surface area contributed by atoms with Crippen LogP contribution in [0.2, 0.25) is 0 Å². The fourth-order valence-electron chi connectivity index (χ4n) is 4.24.